The lowest BCUT2D eigenvalue weighted by molar-refractivity contribution is -0.138. The molecule has 0 fully saturated rings. The first-order chi connectivity index (χ1) is 24.7. The second-order valence-electron chi connectivity index (χ2n) is 13.9. The van der Waals surface area contributed by atoms with E-state index < -0.39 is 48.1 Å². The predicted octanol–water partition coefficient (Wildman–Crippen LogP) is 6.14. The van der Waals surface area contributed by atoms with E-state index in [1.165, 1.54) is 18.2 Å². The third-order valence-electron chi connectivity index (χ3n) is 8.37. The highest BCUT2D eigenvalue weighted by atomic mass is 35.5. The van der Waals surface area contributed by atoms with Gasteiger partial charge in [-0.1, -0.05) is 63.6 Å². The van der Waals surface area contributed by atoms with Crippen LogP contribution in [0.15, 0.2) is 66.7 Å². The zero-order chi connectivity index (χ0) is 37.9. The summed E-state index contributed by atoms with van der Waals surface area (Å²) in [6.45, 7) is 9.55. The highest BCUT2D eigenvalue weighted by molar-refractivity contribution is 6.30. The van der Waals surface area contributed by atoms with Crippen LogP contribution in [0.2, 0.25) is 5.02 Å². The summed E-state index contributed by atoms with van der Waals surface area (Å²) in [5, 5.41) is 8.70. The number of hydrogen-bond acceptors (Lipinski definition) is 7. The van der Waals surface area contributed by atoms with E-state index in [1.807, 2.05) is 27.7 Å². The first kappa shape index (κ1) is 39.9. The zero-order valence-corrected chi connectivity index (χ0v) is 31.2. The molecule has 1 aliphatic heterocycles. The van der Waals surface area contributed by atoms with Crippen LogP contribution < -0.4 is 30.2 Å². The van der Waals surface area contributed by atoms with E-state index in [2.05, 4.69) is 16.0 Å². The smallest absolute Gasteiger partial charge is 0.255 e. The third kappa shape index (κ3) is 11.3. The van der Waals surface area contributed by atoms with Crippen molar-refractivity contribution in [1.82, 2.24) is 20.9 Å². The Bertz CT molecular complexity index is 1720. The molecule has 11 nitrogen and oxygen atoms in total. The molecule has 3 aromatic carbocycles. The molecule has 1 aliphatic rings. The summed E-state index contributed by atoms with van der Waals surface area (Å²) in [5.74, 6) is -1.97. The number of nitrogens with one attached hydrogen (secondary N) is 3. The monoisotopic (exact) mass is 738 g/mol. The molecular formula is C39H48ClFN4O7. The normalized spacial score (nSPS) is 19.2. The number of para-hydroxylation sites is 2. The van der Waals surface area contributed by atoms with Gasteiger partial charge in [0, 0.05) is 12.1 Å². The van der Waals surface area contributed by atoms with Crippen LogP contribution in [-0.2, 0) is 14.4 Å². The maximum atomic E-state index is 14.9. The van der Waals surface area contributed by atoms with Gasteiger partial charge in [-0.15, -0.1) is 0 Å². The molecule has 1 heterocycles. The van der Waals surface area contributed by atoms with Gasteiger partial charge in [0.15, 0.2) is 17.3 Å². The highest BCUT2D eigenvalue weighted by Gasteiger charge is 2.33. The number of likely N-dealkylation sites (N-methyl/N-ethyl adjacent to an activating group) is 1. The second-order valence-corrected chi connectivity index (χ2v) is 14.3. The summed E-state index contributed by atoms with van der Waals surface area (Å²) in [6, 6.07) is 14.2. The molecule has 0 spiro atoms. The van der Waals surface area contributed by atoms with Crippen LogP contribution in [0.5, 0.6) is 23.0 Å². The number of hydrogen-bond donors (Lipinski definition) is 3. The number of ether oxygens (including phenoxy) is 3. The van der Waals surface area contributed by atoms with Gasteiger partial charge < -0.3 is 35.1 Å². The number of carbonyl (C=O) groups excluding carboxylic acids is 4. The van der Waals surface area contributed by atoms with Crippen molar-refractivity contribution in [1.29, 1.82) is 0 Å². The van der Waals surface area contributed by atoms with Gasteiger partial charge in [0.05, 0.1) is 24.1 Å². The maximum Gasteiger partial charge on any atom is 0.255 e. The summed E-state index contributed by atoms with van der Waals surface area (Å²) in [6.07, 6.45) is 0.542. The fraction of sp³-hybridized carbons (Fsp3) is 0.436. The van der Waals surface area contributed by atoms with E-state index in [1.54, 1.807) is 67.4 Å². The standard InChI is InChI=1S/C39H48ClFN4O7/c1-23(2)17-27-22-50-33-15-8-7-13-29(33)37(47)44-31(20-35(46)43-32(18-24(3)4)39(49)45(27)6)38(48)42-25(5)21-51-36-30(41)14-10-16-34(36)52-28-12-9-11-26(40)19-28/h7-16,19,23-25,27,31-32H,17-18,20-22H2,1-6H3,(H,42,48)(H,43,46)(H,44,47)/t25-,27+,31+,32+/m1/s1. The molecule has 4 rings (SSSR count). The van der Waals surface area contributed by atoms with Crippen molar-refractivity contribution in [2.24, 2.45) is 11.8 Å². The number of rotatable bonds is 11. The van der Waals surface area contributed by atoms with Gasteiger partial charge in [-0.3, -0.25) is 19.2 Å². The fourth-order valence-electron chi connectivity index (χ4n) is 5.81. The van der Waals surface area contributed by atoms with Crippen LogP contribution >= 0.6 is 11.6 Å². The average molecular weight is 739 g/mol. The molecule has 4 amide bonds. The lowest BCUT2D eigenvalue weighted by atomic mass is 9.99. The Balaban J connectivity index is 1.55. The molecule has 3 N–H and O–H groups in total. The van der Waals surface area contributed by atoms with Gasteiger partial charge in [0.25, 0.3) is 5.91 Å². The molecule has 0 aromatic heterocycles. The van der Waals surface area contributed by atoms with Crippen molar-refractivity contribution in [2.75, 3.05) is 20.3 Å². The van der Waals surface area contributed by atoms with Crippen LogP contribution in [0.25, 0.3) is 0 Å². The van der Waals surface area contributed by atoms with Crippen molar-refractivity contribution < 1.29 is 37.8 Å². The molecule has 13 heteroatoms. The fourth-order valence-corrected chi connectivity index (χ4v) is 5.99. The Hall–Kier alpha value is -4.84. The van der Waals surface area contributed by atoms with Crippen molar-refractivity contribution in [3.63, 3.8) is 0 Å². The van der Waals surface area contributed by atoms with Gasteiger partial charge in [-0.2, -0.15) is 0 Å². The summed E-state index contributed by atoms with van der Waals surface area (Å²) in [4.78, 5) is 56.4. The molecule has 0 aliphatic carbocycles. The SMILES string of the molecule is CC(C)C[C@H]1COc2ccccc2C(=O)N[C@H](C(=O)N[C@H](C)COc2c(F)cccc2Oc2cccc(Cl)c2)CC(=O)N[C@@H](CC(C)C)C(=O)N1C. The largest absolute Gasteiger partial charge is 0.491 e. The number of benzene rings is 3. The highest BCUT2D eigenvalue weighted by Crippen LogP contribution is 2.34. The van der Waals surface area contributed by atoms with Gasteiger partial charge in [0.2, 0.25) is 17.7 Å². The lowest BCUT2D eigenvalue weighted by Gasteiger charge is -2.33. The number of halogens is 2. The van der Waals surface area contributed by atoms with E-state index in [4.69, 9.17) is 25.8 Å². The lowest BCUT2D eigenvalue weighted by Crippen LogP contribution is -2.55. The first-order valence-electron chi connectivity index (χ1n) is 17.5. The van der Waals surface area contributed by atoms with Crippen molar-refractivity contribution >= 4 is 35.2 Å². The van der Waals surface area contributed by atoms with E-state index in [9.17, 15) is 23.6 Å². The molecule has 52 heavy (non-hydrogen) atoms. The minimum atomic E-state index is -1.35. The van der Waals surface area contributed by atoms with Gasteiger partial charge in [-0.25, -0.2) is 4.39 Å². The number of nitrogens with zero attached hydrogens (tertiary/aromatic N) is 1. The maximum absolute atomic E-state index is 14.9. The van der Waals surface area contributed by atoms with Gasteiger partial charge in [-0.05, 0) is 74.1 Å². The van der Waals surface area contributed by atoms with E-state index in [0.717, 1.165) is 0 Å². The Morgan fingerprint density at radius 2 is 1.69 bits per heavy atom. The van der Waals surface area contributed by atoms with Crippen molar-refractivity contribution in [3.8, 4) is 23.0 Å². The molecule has 0 radical (unpaired) electrons. The minimum Gasteiger partial charge on any atom is -0.491 e. The van der Waals surface area contributed by atoms with Crippen LogP contribution in [-0.4, -0.2) is 73.0 Å². The number of carbonyl (C=O) groups is 4. The number of amides is 4. The van der Waals surface area contributed by atoms with Gasteiger partial charge >= 0.3 is 0 Å². The van der Waals surface area contributed by atoms with Crippen LogP contribution in [0.3, 0.4) is 0 Å². The minimum absolute atomic E-state index is 0.0683. The number of fused-ring (bicyclic) bond motifs is 1. The molecule has 280 valence electrons. The predicted molar refractivity (Wildman–Crippen MR) is 196 cm³/mol. The van der Waals surface area contributed by atoms with E-state index in [0.29, 0.717) is 23.6 Å². The molecule has 3 aromatic rings. The molecule has 0 saturated carbocycles. The molecule has 4 atom stereocenters. The Morgan fingerprint density at radius 1 is 0.981 bits per heavy atom. The first-order valence-corrected chi connectivity index (χ1v) is 17.8. The van der Waals surface area contributed by atoms with Crippen LogP contribution in [0, 0.1) is 17.7 Å². The van der Waals surface area contributed by atoms with Crippen molar-refractivity contribution in [3.05, 3.63) is 83.1 Å². The quantitative estimate of drug-likeness (QED) is 0.215. The molecule has 0 unspecified atom stereocenters. The van der Waals surface area contributed by atoms with Crippen LogP contribution in [0.1, 0.15) is 64.2 Å². The summed E-state index contributed by atoms with van der Waals surface area (Å²) >= 11 is 6.07. The van der Waals surface area contributed by atoms with Crippen molar-refractivity contribution in [2.45, 2.75) is 78.0 Å². The van der Waals surface area contributed by atoms with Gasteiger partial charge in [0.1, 0.15) is 36.8 Å². The average Bonchev–Trinajstić information content (AvgIpc) is 3.08. The Morgan fingerprint density at radius 3 is 2.40 bits per heavy atom. The molecule has 0 saturated heterocycles. The van der Waals surface area contributed by atoms with E-state index >= 15 is 0 Å². The molecule has 0 bridgehead atoms. The summed E-state index contributed by atoms with van der Waals surface area (Å²) in [7, 11) is 1.69. The molecular weight excluding hydrogens is 691 g/mol. The van der Waals surface area contributed by atoms with E-state index in [-0.39, 0.29) is 59.8 Å². The Kier molecular flexibility index (Phi) is 14.3. The topological polar surface area (TPSA) is 135 Å². The second kappa shape index (κ2) is 18.6. The summed E-state index contributed by atoms with van der Waals surface area (Å²) < 4.78 is 32.7. The third-order valence-corrected chi connectivity index (χ3v) is 8.61. The summed E-state index contributed by atoms with van der Waals surface area (Å²) in [5.41, 5.74) is 0.163. The zero-order valence-electron chi connectivity index (χ0n) is 30.4. The Labute approximate surface area is 309 Å². The van der Waals surface area contributed by atoms with Crippen LogP contribution in [0.4, 0.5) is 4.39 Å².